The molecule has 0 spiro atoms. The van der Waals surface area contributed by atoms with E-state index in [0.717, 1.165) is 29.5 Å². The molecule has 148 valence electrons. The zero-order valence-corrected chi connectivity index (χ0v) is 17.0. The first-order chi connectivity index (χ1) is 13.5. The van der Waals surface area contributed by atoms with E-state index in [9.17, 15) is 9.59 Å². The minimum absolute atomic E-state index is 0.0138. The fourth-order valence-electron chi connectivity index (χ4n) is 3.80. The zero-order valence-electron chi connectivity index (χ0n) is 17.0. The summed E-state index contributed by atoms with van der Waals surface area (Å²) in [6, 6.07) is 18.5. The van der Waals surface area contributed by atoms with Crippen LogP contribution in [0.2, 0.25) is 0 Å². The maximum atomic E-state index is 13.0. The number of hydrogen-bond acceptors (Lipinski definition) is 2. The van der Waals surface area contributed by atoms with E-state index in [4.69, 9.17) is 0 Å². The van der Waals surface area contributed by atoms with Crippen LogP contribution in [0.5, 0.6) is 0 Å². The van der Waals surface area contributed by atoms with E-state index < -0.39 is 0 Å². The highest BCUT2D eigenvalue weighted by atomic mass is 16.2. The highest BCUT2D eigenvalue weighted by Gasteiger charge is 2.29. The number of nitrogens with zero attached hydrogens (tertiary/aromatic N) is 3. The second-order valence-corrected chi connectivity index (χ2v) is 7.66. The first kappa shape index (κ1) is 19.9. The second kappa shape index (κ2) is 8.91. The van der Waals surface area contributed by atoms with Crippen molar-refractivity contribution in [1.82, 2.24) is 14.7 Å². The Morgan fingerprint density at radius 1 is 0.929 bits per heavy atom. The molecule has 1 aliphatic heterocycles. The number of benzene rings is 2. The minimum Gasteiger partial charge on any atom is -0.341 e. The van der Waals surface area contributed by atoms with Gasteiger partial charge < -0.3 is 14.7 Å². The SMILES string of the molecule is CN(C)C(=O)N1CCC(C(=O)N(C)Cc2ccccc2-c2ccccc2)CC1. The van der Waals surface area contributed by atoms with Crippen LogP contribution in [0.15, 0.2) is 54.6 Å². The van der Waals surface area contributed by atoms with Crippen LogP contribution in [0, 0.1) is 5.92 Å². The summed E-state index contributed by atoms with van der Waals surface area (Å²) in [5.74, 6) is 0.153. The van der Waals surface area contributed by atoms with Crippen LogP contribution in [-0.4, -0.2) is 60.9 Å². The normalized spacial score (nSPS) is 14.6. The third-order valence-corrected chi connectivity index (χ3v) is 5.38. The van der Waals surface area contributed by atoms with Crippen molar-refractivity contribution in [3.05, 3.63) is 60.2 Å². The Labute approximate surface area is 167 Å². The van der Waals surface area contributed by atoms with Gasteiger partial charge in [-0.05, 0) is 29.5 Å². The predicted molar refractivity (Wildman–Crippen MR) is 112 cm³/mol. The van der Waals surface area contributed by atoms with Crippen LogP contribution in [0.4, 0.5) is 4.79 Å². The Hall–Kier alpha value is -2.82. The Morgan fingerprint density at radius 2 is 1.54 bits per heavy atom. The third kappa shape index (κ3) is 4.53. The van der Waals surface area contributed by atoms with Gasteiger partial charge in [-0.1, -0.05) is 54.6 Å². The summed E-state index contributed by atoms with van der Waals surface area (Å²) in [5.41, 5.74) is 3.47. The summed E-state index contributed by atoms with van der Waals surface area (Å²) in [7, 11) is 5.40. The lowest BCUT2D eigenvalue weighted by molar-refractivity contribution is -0.136. The van der Waals surface area contributed by atoms with Gasteiger partial charge in [0.2, 0.25) is 5.91 Å². The molecule has 2 aromatic carbocycles. The Morgan fingerprint density at radius 3 is 2.18 bits per heavy atom. The Balaban J connectivity index is 1.64. The van der Waals surface area contributed by atoms with Crippen molar-refractivity contribution in [2.24, 2.45) is 5.92 Å². The topological polar surface area (TPSA) is 43.9 Å². The fourth-order valence-corrected chi connectivity index (χ4v) is 3.80. The number of piperidine rings is 1. The van der Waals surface area contributed by atoms with Gasteiger partial charge in [0.1, 0.15) is 0 Å². The van der Waals surface area contributed by atoms with Gasteiger partial charge >= 0.3 is 6.03 Å². The lowest BCUT2D eigenvalue weighted by Gasteiger charge is -2.34. The molecule has 0 unspecified atom stereocenters. The molecule has 5 heteroatoms. The van der Waals surface area contributed by atoms with E-state index in [-0.39, 0.29) is 17.9 Å². The number of likely N-dealkylation sites (tertiary alicyclic amines) is 1. The molecular formula is C23H29N3O2. The number of amides is 3. The highest BCUT2D eigenvalue weighted by Crippen LogP contribution is 2.26. The van der Waals surface area contributed by atoms with Crippen LogP contribution in [0.1, 0.15) is 18.4 Å². The second-order valence-electron chi connectivity index (χ2n) is 7.66. The van der Waals surface area contributed by atoms with Gasteiger partial charge in [-0.25, -0.2) is 4.79 Å². The largest absolute Gasteiger partial charge is 0.341 e. The van der Waals surface area contributed by atoms with Crippen LogP contribution in [0.3, 0.4) is 0 Å². The highest BCUT2D eigenvalue weighted by molar-refractivity contribution is 5.80. The van der Waals surface area contributed by atoms with Gasteiger partial charge in [-0.15, -0.1) is 0 Å². The van der Waals surface area contributed by atoms with Crippen LogP contribution in [-0.2, 0) is 11.3 Å². The van der Waals surface area contributed by atoms with E-state index in [1.165, 1.54) is 0 Å². The average Bonchev–Trinajstić information content (AvgIpc) is 2.73. The van der Waals surface area contributed by atoms with Crippen molar-refractivity contribution in [3.8, 4) is 11.1 Å². The first-order valence-electron chi connectivity index (χ1n) is 9.82. The molecule has 0 bridgehead atoms. The molecule has 2 aromatic rings. The van der Waals surface area contributed by atoms with Gasteiger partial charge in [0.15, 0.2) is 0 Å². The van der Waals surface area contributed by atoms with E-state index in [1.807, 2.05) is 47.2 Å². The number of carbonyl (C=O) groups excluding carboxylic acids is 2. The van der Waals surface area contributed by atoms with E-state index in [2.05, 4.69) is 24.3 Å². The van der Waals surface area contributed by atoms with E-state index >= 15 is 0 Å². The van der Waals surface area contributed by atoms with Crippen molar-refractivity contribution >= 4 is 11.9 Å². The molecule has 1 fully saturated rings. The zero-order chi connectivity index (χ0) is 20.1. The molecule has 0 radical (unpaired) electrons. The minimum atomic E-state index is -0.0138. The summed E-state index contributed by atoms with van der Waals surface area (Å²) in [5, 5.41) is 0. The summed E-state index contributed by atoms with van der Waals surface area (Å²) in [6.45, 7) is 1.87. The lowest BCUT2D eigenvalue weighted by Crippen LogP contribution is -2.46. The lowest BCUT2D eigenvalue weighted by atomic mass is 9.94. The summed E-state index contributed by atoms with van der Waals surface area (Å²) >= 11 is 0. The summed E-state index contributed by atoms with van der Waals surface area (Å²) < 4.78 is 0. The number of hydrogen-bond donors (Lipinski definition) is 0. The number of urea groups is 1. The molecule has 3 rings (SSSR count). The van der Waals surface area contributed by atoms with Gasteiger partial charge in [0.05, 0.1) is 0 Å². The van der Waals surface area contributed by atoms with Crippen LogP contribution < -0.4 is 0 Å². The van der Waals surface area contributed by atoms with Crippen molar-refractivity contribution in [3.63, 3.8) is 0 Å². The fraction of sp³-hybridized carbons (Fsp3) is 0.391. The van der Waals surface area contributed by atoms with Crippen molar-refractivity contribution in [2.75, 3.05) is 34.2 Å². The van der Waals surface area contributed by atoms with E-state index in [1.54, 1.807) is 19.0 Å². The molecule has 3 amide bonds. The molecule has 1 aliphatic rings. The third-order valence-electron chi connectivity index (χ3n) is 5.38. The summed E-state index contributed by atoms with van der Waals surface area (Å²) in [4.78, 5) is 30.3. The van der Waals surface area contributed by atoms with Gasteiger partial charge in [0.25, 0.3) is 0 Å². The van der Waals surface area contributed by atoms with E-state index in [0.29, 0.717) is 19.6 Å². The molecular weight excluding hydrogens is 350 g/mol. The van der Waals surface area contributed by atoms with Gasteiger partial charge in [-0.2, -0.15) is 0 Å². The molecule has 0 saturated carbocycles. The number of carbonyl (C=O) groups is 2. The molecule has 1 saturated heterocycles. The Bertz CT molecular complexity index is 812. The molecule has 0 aliphatic carbocycles. The standard InChI is InChI=1S/C23H29N3O2/c1-24(2)23(28)26-15-13-19(14-16-26)22(27)25(3)17-20-11-7-8-12-21(20)18-9-5-4-6-10-18/h4-12,19H,13-17H2,1-3H3. The van der Waals surface area contributed by atoms with Gasteiger partial charge in [0, 0.05) is 46.7 Å². The molecule has 5 nitrogen and oxygen atoms in total. The van der Waals surface area contributed by atoms with Gasteiger partial charge in [-0.3, -0.25) is 4.79 Å². The molecule has 0 aromatic heterocycles. The average molecular weight is 380 g/mol. The summed E-state index contributed by atoms with van der Waals surface area (Å²) in [6.07, 6.45) is 1.45. The van der Waals surface area contributed by atoms with Crippen LogP contribution in [0.25, 0.3) is 11.1 Å². The smallest absolute Gasteiger partial charge is 0.319 e. The molecule has 1 heterocycles. The van der Waals surface area contributed by atoms with Crippen LogP contribution >= 0.6 is 0 Å². The molecule has 0 N–H and O–H groups in total. The maximum absolute atomic E-state index is 13.0. The van der Waals surface area contributed by atoms with Crippen molar-refractivity contribution < 1.29 is 9.59 Å². The quantitative estimate of drug-likeness (QED) is 0.813. The maximum Gasteiger partial charge on any atom is 0.319 e. The van der Waals surface area contributed by atoms with Crippen molar-refractivity contribution in [1.29, 1.82) is 0 Å². The predicted octanol–water partition coefficient (Wildman–Crippen LogP) is 3.71. The van der Waals surface area contributed by atoms with Crippen molar-refractivity contribution in [2.45, 2.75) is 19.4 Å². The Kier molecular flexibility index (Phi) is 6.34. The molecule has 0 atom stereocenters. The number of rotatable bonds is 4. The monoisotopic (exact) mass is 379 g/mol. The first-order valence-corrected chi connectivity index (χ1v) is 9.82. The molecule has 28 heavy (non-hydrogen) atoms.